The van der Waals surface area contributed by atoms with Gasteiger partial charge in [-0.1, -0.05) is 111 Å². The van der Waals surface area contributed by atoms with Gasteiger partial charge < -0.3 is 4.42 Å². The maximum absolute atomic E-state index is 6.22. The van der Waals surface area contributed by atoms with E-state index in [1.165, 1.54) is 60.8 Å². The van der Waals surface area contributed by atoms with Crippen LogP contribution in [-0.2, 0) is 10.8 Å². The molecule has 2 heterocycles. The van der Waals surface area contributed by atoms with Crippen LogP contribution in [0.4, 0.5) is 0 Å². The van der Waals surface area contributed by atoms with E-state index in [0.717, 1.165) is 73.6 Å². The number of hydrogen-bond donors (Lipinski definition) is 0. The summed E-state index contributed by atoms with van der Waals surface area (Å²) < 4.78 is 6.22. The fourth-order valence-corrected chi connectivity index (χ4v) is 11.3. The third-order valence-corrected chi connectivity index (χ3v) is 13.4. The Balaban J connectivity index is 1.000. The lowest BCUT2D eigenvalue weighted by Crippen LogP contribution is -2.48. The van der Waals surface area contributed by atoms with Crippen LogP contribution in [0.15, 0.2) is 132 Å². The number of fused-ring (bicyclic) bond motifs is 4. The van der Waals surface area contributed by atoms with Gasteiger partial charge in [-0.3, -0.25) is 0 Å². The van der Waals surface area contributed by atoms with Crippen molar-refractivity contribution in [3.8, 4) is 55.9 Å². The van der Waals surface area contributed by atoms with Crippen LogP contribution < -0.4 is 0 Å². The van der Waals surface area contributed by atoms with Crippen LogP contribution in [0.1, 0.15) is 69.1 Å². The van der Waals surface area contributed by atoms with Crippen molar-refractivity contribution >= 4 is 11.1 Å². The monoisotopic (exact) mass is 674 g/mol. The Morgan fingerprint density at radius 1 is 0.538 bits per heavy atom. The number of nitrogens with zero attached hydrogens (tertiary/aromatic N) is 2. The molecule has 4 fully saturated rings. The van der Waals surface area contributed by atoms with Gasteiger partial charge >= 0.3 is 0 Å². The van der Waals surface area contributed by atoms with Crippen LogP contribution in [0, 0.1) is 17.8 Å². The van der Waals surface area contributed by atoms with E-state index in [9.17, 15) is 0 Å². The Morgan fingerprint density at radius 2 is 1.13 bits per heavy atom. The zero-order valence-corrected chi connectivity index (χ0v) is 29.9. The van der Waals surface area contributed by atoms with Crippen molar-refractivity contribution in [1.29, 1.82) is 0 Å². The second kappa shape index (κ2) is 11.1. The fourth-order valence-electron chi connectivity index (χ4n) is 11.3. The summed E-state index contributed by atoms with van der Waals surface area (Å²) in [5.41, 5.74) is 17.5. The molecule has 0 saturated heterocycles. The number of rotatable bonds is 5. The minimum absolute atomic E-state index is 0.0723. The van der Waals surface area contributed by atoms with Crippen molar-refractivity contribution in [2.45, 2.75) is 63.2 Å². The first-order chi connectivity index (χ1) is 25.4. The highest BCUT2D eigenvalue weighted by molar-refractivity contribution is 6.00. The highest BCUT2D eigenvalue weighted by atomic mass is 16.3. The first-order valence-corrected chi connectivity index (χ1v) is 19.2. The van der Waals surface area contributed by atoms with Crippen LogP contribution in [-0.4, -0.2) is 9.97 Å². The molecule has 4 bridgehead atoms. The zero-order valence-electron chi connectivity index (χ0n) is 29.9. The van der Waals surface area contributed by atoms with Gasteiger partial charge in [0, 0.05) is 27.7 Å². The highest BCUT2D eigenvalue weighted by Crippen LogP contribution is 2.61. The van der Waals surface area contributed by atoms with Crippen molar-refractivity contribution in [2.75, 3.05) is 0 Å². The van der Waals surface area contributed by atoms with Gasteiger partial charge in [-0.25, -0.2) is 9.97 Å². The molecule has 0 atom stereocenters. The van der Waals surface area contributed by atoms with Gasteiger partial charge in [-0.05, 0) is 125 Å². The maximum atomic E-state index is 6.22. The predicted molar refractivity (Wildman–Crippen MR) is 211 cm³/mol. The third kappa shape index (κ3) is 4.57. The van der Waals surface area contributed by atoms with E-state index in [1.54, 1.807) is 12.0 Å². The molecule has 3 heteroatoms. The molecule has 0 unspecified atom stereocenters. The lowest BCUT2D eigenvalue weighted by molar-refractivity contribution is -0.00518. The first kappa shape index (κ1) is 30.4. The van der Waals surface area contributed by atoms with Crippen LogP contribution in [0.5, 0.6) is 0 Å². The largest absolute Gasteiger partial charge is 0.443 e. The molecule has 0 amide bonds. The normalized spacial score (nSPS) is 23.5. The quantitative estimate of drug-likeness (QED) is 0.182. The molecular formula is C49H42N2O. The molecule has 52 heavy (non-hydrogen) atoms. The smallest absolute Gasteiger partial charge is 0.182 e. The summed E-state index contributed by atoms with van der Waals surface area (Å²) in [6, 6.07) is 44.6. The summed E-state index contributed by atoms with van der Waals surface area (Å²) in [5.74, 6) is 2.80. The Kier molecular flexibility index (Phi) is 6.49. The van der Waals surface area contributed by atoms with Crippen molar-refractivity contribution in [1.82, 2.24) is 9.97 Å². The number of pyridine rings is 1. The molecule has 3 nitrogen and oxygen atoms in total. The Bertz CT molecular complexity index is 2490. The van der Waals surface area contributed by atoms with Crippen molar-refractivity contribution < 1.29 is 4.42 Å². The van der Waals surface area contributed by atoms with E-state index in [0.29, 0.717) is 5.41 Å². The molecule has 5 aromatic carbocycles. The third-order valence-electron chi connectivity index (χ3n) is 13.4. The van der Waals surface area contributed by atoms with E-state index in [1.807, 2.05) is 0 Å². The lowest BCUT2D eigenvalue weighted by Gasteiger charge is -2.57. The summed E-state index contributed by atoms with van der Waals surface area (Å²) >= 11 is 0. The summed E-state index contributed by atoms with van der Waals surface area (Å²) in [5, 5.41) is 0. The van der Waals surface area contributed by atoms with Crippen molar-refractivity contribution in [3.63, 3.8) is 0 Å². The number of hydrogen-bond acceptors (Lipinski definition) is 3. The lowest BCUT2D eigenvalue weighted by atomic mass is 9.48. The van der Waals surface area contributed by atoms with Gasteiger partial charge in [0.05, 0.1) is 11.4 Å². The molecule has 0 N–H and O–H groups in total. The Hall–Kier alpha value is -5.28. The van der Waals surface area contributed by atoms with Crippen LogP contribution in [0.2, 0.25) is 0 Å². The average Bonchev–Trinajstić information content (AvgIpc) is 3.75. The average molecular weight is 675 g/mol. The molecule has 0 spiro atoms. The Labute approximate surface area is 305 Å². The van der Waals surface area contributed by atoms with Gasteiger partial charge in [0.1, 0.15) is 5.52 Å². The molecule has 4 saturated carbocycles. The fraction of sp³-hybridized carbons (Fsp3) is 0.265. The Morgan fingerprint density at radius 3 is 1.87 bits per heavy atom. The molecule has 0 aliphatic heterocycles. The number of benzene rings is 5. The van der Waals surface area contributed by atoms with E-state index in [-0.39, 0.29) is 5.41 Å². The van der Waals surface area contributed by atoms with Gasteiger partial charge in [-0.2, -0.15) is 0 Å². The summed E-state index contributed by atoms with van der Waals surface area (Å²) in [6.45, 7) is 4.66. The molecule has 254 valence electrons. The minimum atomic E-state index is -0.0723. The van der Waals surface area contributed by atoms with Crippen LogP contribution in [0.25, 0.3) is 67.0 Å². The second-order valence-corrected chi connectivity index (χ2v) is 16.9. The number of aromatic nitrogens is 2. The molecule has 5 aliphatic rings. The summed E-state index contributed by atoms with van der Waals surface area (Å²) in [7, 11) is 0. The van der Waals surface area contributed by atoms with Crippen LogP contribution in [0.3, 0.4) is 0 Å². The van der Waals surface area contributed by atoms with Gasteiger partial charge in [0.2, 0.25) is 0 Å². The zero-order chi connectivity index (χ0) is 34.6. The number of oxazole rings is 1. The molecule has 12 rings (SSSR count). The van der Waals surface area contributed by atoms with E-state index in [4.69, 9.17) is 14.4 Å². The predicted octanol–water partition coefficient (Wildman–Crippen LogP) is 12.7. The van der Waals surface area contributed by atoms with Crippen molar-refractivity contribution in [2.24, 2.45) is 17.8 Å². The van der Waals surface area contributed by atoms with Gasteiger partial charge in [0.25, 0.3) is 0 Å². The minimum Gasteiger partial charge on any atom is -0.443 e. The van der Waals surface area contributed by atoms with Gasteiger partial charge in [0.15, 0.2) is 12.0 Å². The van der Waals surface area contributed by atoms with E-state index >= 15 is 0 Å². The first-order valence-electron chi connectivity index (χ1n) is 19.2. The van der Waals surface area contributed by atoms with E-state index in [2.05, 4.69) is 135 Å². The highest BCUT2D eigenvalue weighted by Gasteiger charge is 2.51. The summed E-state index contributed by atoms with van der Waals surface area (Å²) in [4.78, 5) is 10.1. The van der Waals surface area contributed by atoms with Gasteiger partial charge in [-0.15, -0.1) is 0 Å². The van der Waals surface area contributed by atoms with Crippen LogP contribution >= 0.6 is 0 Å². The standard InChI is InChI=1S/C49H42N2O/c1-48(2)42-11-7-6-10-40(42)41-17-14-35(23-43(41)48)39-19-18-38(46-47(39)52-29-50-46)36-24-44(33-8-4-3-5-9-33)51-45(25-36)34-12-15-37(16-13-34)49-26-30-20-31(27-49)22-32(21-30)28-49/h3-19,23-25,29-32H,20-22,26-28H2,1-2H3. The van der Waals surface area contributed by atoms with E-state index < -0.39 is 0 Å². The summed E-state index contributed by atoms with van der Waals surface area (Å²) in [6.07, 6.45) is 10.1. The van der Waals surface area contributed by atoms with Crippen molar-refractivity contribution in [3.05, 3.63) is 144 Å². The second-order valence-electron chi connectivity index (χ2n) is 16.9. The molecule has 2 aromatic heterocycles. The molecule has 5 aliphatic carbocycles. The molecular weight excluding hydrogens is 633 g/mol. The maximum Gasteiger partial charge on any atom is 0.182 e. The topological polar surface area (TPSA) is 38.9 Å². The molecule has 7 aromatic rings. The molecule has 0 radical (unpaired) electrons. The SMILES string of the molecule is CC1(C)c2ccccc2-c2ccc(-c3ccc(-c4cc(-c5ccccc5)nc(-c5ccc(C67CC8CC(CC(C8)C6)C7)cc5)c4)c4ncoc34)cc21.